The minimum Gasteiger partial charge on any atom is -0.367 e. The van der Waals surface area contributed by atoms with Crippen LogP contribution >= 0.6 is 0 Å². The number of aromatic nitrogens is 3. The summed E-state index contributed by atoms with van der Waals surface area (Å²) in [6.45, 7) is 10.8. The van der Waals surface area contributed by atoms with Gasteiger partial charge in [-0.3, -0.25) is 4.90 Å². The van der Waals surface area contributed by atoms with Crippen LogP contribution in [0.2, 0.25) is 0 Å². The van der Waals surface area contributed by atoms with E-state index in [1.807, 2.05) is 19.1 Å². The number of likely N-dealkylation sites (tertiary alicyclic amines) is 1. The topological polar surface area (TPSA) is 67.1 Å². The summed E-state index contributed by atoms with van der Waals surface area (Å²) in [7, 11) is 0. The van der Waals surface area contributed by atoms with Crippen molar-refractivity contribution in [2.45, 2.75) is 52.1 Å². The molecule has 2 aromatic rings. The summed E-state index contributed by atoms with van der Waals surface area (Å²) in [5.41, 5.74) is 1.11. The van der Waals surface area contributed by atoms with Crippen molar-refractivity contribution < 1.29 is 4.52 Å². The number of hydrogen-bond donors (Lipinski definition) is 1. The van der Waals surface area contributed by atoms with Crippen molar-refractivity contribution in [1.29, 1.82) is 0 Å². The molecule has 0 bridgehead atoms. The van der Waals surface area contributed by atoms with Gasteiger partial charge in [0.05, 0.1) is 5.56 Å². The van der Waals surface area contributed by atoms with Crippen LogP contribution in [0.25, 0.3) is 11.5 Å². The smallest absolute Gasteiger partial charge is 0.261 e. The second-order valence-electron chi connectivity index (χ2n) is 7.12. The van der Waals surface area contributed by atoms with E-state index < -0.39 is 0 Å². The normalized spacial score (nSPS) is 17.4. The van der Waals surface area contributed by atoms with Gasteiger partial charge in [-0.25, -0.2) is 4.98 Å². The summed E-state index contributed by atoms with van der Waals surface area (Å²) in [4.78, 5) is 11.3. The maximum atomic E-state index is 5.29. The molecule has 6 heteroatoms. The van der Waals surface area contributed by atoms with E-state index in [2.05, 4.69) is 46.1 Å². The first-order chi connectivity index (χ1) is 10.9. The Kier molecular flexibility index (Phi) is 4.35. The molecule has 124 valence electrons. The van der Waals surface area contributed by atoms with Crippen molar-refractivity contribution in [3.05, 3.63) is 24.2 Å². The summed E-state index contributed by atoms with van der Waals surface area (Å²) in [6.07, 6.45) is 4.01. The molecule has 0 atom stereocenters. The molecule has 3 rings (SSSR count). The Bertz CT molecular complexity index is 653. The highest BCUT2D eigenvalue weighted by molar-refractivity contribution is 5.68. The molecule has 23 heavy (non-hydrogen) atoms. The lowest BCUT2D eigenvalue weighted by atomic mass is 9.98. The Labute approximate surface area is 137 Å². The quantitative estimate of drug-likeness (QED) is 0.938. The van der Waals surface area contributed by atoms with Gasteiger partial charge in [0.1, 0.15) is 5.82 Å². The molecular formula is C17H25N5O. The molecule has 1 saturated heterocycles. The first-order valence-corrected chi connectivity index (χ1v) is 8.21. The summed E-state index contributed by atoms with van der Waals surface area (Å²) in [5.74, 6) is 1.98. The van der Waals surface area contributed by atoms with Crippen molar-refractivity contribution >= 4 is 5.82 Å². The lowest BCUT2D eigenvalue weighted by molar-refractivity contribution is 0.106. The molecule has 0 radical (unpaired) electrons. The van der Waals surface area contributed by atoms with E-state index in [4.69, 9.17) is 4.52 Å². The predicted octanol–water partition coefficient (Wildman–Crippen LogP) is 3.11. The number of piperidine rings is 1. The number of rotatable bonds is 3. The van der Waals surface area contributed by atoms with Gasteiger partial charge in [-0.15, -0.1) is 0 Å². The maximum absolute atomic E-state index is 5.29. The van der Waals surface area contributed by atoms with Crippen LogP contribution < -0.4 is 5.32 Å². The van der Waals surface area contributed by atoms with Crippen LogP contribution in [0, 0.1) is 6.92 Å². The molecule has 3 heterocycles. The van der Waals surface area contributed by atoms with Crippen molar-refractivity contribution in [2.24, 2.45) is 0 Å². The zero-order valence-corrected chi connectivity index (χ0v) is 14.3. The van der Waals surface area contributed by atoms with E-state index in [1.165, 1.54) is 0 Å². The highest BCUT2D eigenvalue weighted by Gasteiger charge is 2.27. The largest absolute Gasteiger partial charge is 0.367 e. The number of hydrogen-bond acceptors (Lipinski definition) is 6. The van der Waals surface area contributed by atoms with Crippen LogP contribution in [-0.4, -0.2) is 44.7 Å². The van der Waals surface area contributed by atoms with Gasteiger partial charge >= 0.3 is 0 Å². The van der Waals surface area contributed by atoms with Crippen molar-refractivity contribution in [1.82, 2.24) is 20.0 Å². The molecule has 1 fully saturated rings. The number of aryl methyl sites for hydroxylation is 1. The third-order valence-corrected chi connectivity index (χ3v) is 4.35. The fourth-order valence-electron chi connectivity index (χ4n) is 2.99. The van der Waals surface area contributed by atoms with E-state index in [1.54, 1.807) is 6.20 Å². The van der Waals surface area contributed by atoms with Gasteiger partial charge in [-0.2, -0.15) is 4.98 Å². The summed E-state index contributed by atoms with van der Waals surface area (Å²) < 4.78 is 5.29. The van der Waals surface area contributed by atoms with Crippen LogP contribution in [0.3, 0.4) is 0 Å². The SMILES string of the molecule is Cc1noc(-c2cccnc2NC2CCN(C(C)(C)C)CC2)n1. The van der Waals surface area contributed by atoms with Gasteiger partial charge in [0.25, 0.3) is 5.89 Å². The summed E-state index contributed by atoms with van der Waals surface area (Å²) in [5, 5.41) is 7.43. The fourth-order valence-corrected chi connectivity index (χ4v) is 2.99. The Morgan fingerprint density at radius 3 is 2.61 bits per heavy atom. The second kappa shape index (κ2) is 6.28. The monoisotopic (exact) mass is 315 g/mol. The molecule has 0 unspecified atom stereocenters. The Hall–Kier alpha value is -1.95. The first kappa shape index (κ1) is 15.9. The number of nitrogens with zero attached hydrogens (tertiary/aromatic N) is 4. The molecule has 6 nitrogen and oxygen atoms in total. The molecule has 1 aliphatic rings. The van der Waals surface area contributed by atoms with Crippen LogP contribution in [-0.2, 0) is 0 Å². The Balaban J connectivity index is 1.70. The van der Waals surface area contributed by atoms with E-state index in [-0.39, 0.29) is 5.54 Å². The molecule has 1 aliphatic heterocycles. The third kappa shape index (κ3) is 3.69. The highest BCUT2D eigenvalue weighted by atomic mass is 16.5. The number of anilines is 1. The third-order valence-electron chi connectivity index (χ3n) is 4.35. The summed E-state index contributed by atoms with van der Waals surface area (Å²) in [6, 6.07) is 4.28. The Morgan fingerprint density at radius 1 is 1.26 bits per heavy atom. The first-order valence-electron chi connectivity index (χ1n) is 8.21. The zero-order chi connectivity index (χ0) is 16.4. The minimum atomic E-state index is 0.239. The van der Waals surface area contributed by atoms with Gasteiger partial charge in [-0.1, -0.05) is 5.16 Å². The molecule has 0 aliphatic carbocycles. The lowest BCUT2D eigenvalue weighted by Gasteiger charge is -2.41. The average molecular weight is 315 g/mol. The van der Waals surface area contributed by atoms with Gasteiger partial charge in [0.15, 0.2) is 5.82 Å². The second-order valence-corrected chi connectivity index (χ2v) is 7.12. The summed E-state index contributed by atoms with van der Waals surface area (Å²) >= 11 is 0. The maximum Gasteiger partial charge on any atom is 0.261 e. The fraction of sp³-hybridized carbons (Fsp3) is 0.588. The molecule has 0 spiro atoms. The van der Waals surface area contributed by atoms with Crippen molar-refractivity contribution in [3.8, 4) is 11.5 Å². The van der Waals surface area contributed by atoms with Crippen LogP contribution in [0.1, 0.15) is 39.4 Å². The average Bonchev–Trinajstić information content (AvgIpc) is 2.94. The van der Waals surface area contributed by atoms with Crippen molar-refractivity contribution in [3.63, 3.8) is 0 Å². The number of nitrogens with one attached hydrogen (secondary N) is 1. The molecule has 0 aromatic carbocycles. The highest BCUT2D eigenvalue weighted by Crippen LogP contribution is 2.27. The van der Waals surface area contributed by atoms with Gasteiger partial charge in [0, 0.05) is 30.9 Å². The van der Waals surface area contributed by atoms with Crippen LogP contribution in [0.5, 0.6) is 0 Å². The minimum absolute atomic E-state index is 0.239. The van der Waals surface area contributed by atoms with Crippen molar-refractivity contribution in [2.75, 3.05) is 18.4 Å². The Morgan fingerprint density at radius 2 is 2.00 bits per heavy atom. The van der Waals surface area contributed by atoms with E-state index >= 15 is 0 Å². The van der Waals surface area contributed by atoms with Gasteiger partial charge < -0.3 is 9.84 Å². The van der Waals surface area contributed by atoms with E-state index in [0.29, 0.717) is 17.8 Å². The molecule has 0 amide bonds. The van der Waals surface area contributed by atoms with E-state index in [9.17, 15) is 0 Å². The predicted molar refractivity (Wildman–Crippen MR) is 90.2 cm³/mol. The molecule has 0 saturated carbocycles. The van der Waals surface area contributed by atoms with Gasteiger partial charge in [0.2, 0.25) is 0 Å². The van der Waals surface area contributed by atoms with E-state index in [0.717, 1.165) is 37.3 Å². The molecule has 1 N–H and O–H groups in total. The van der Waals surface area contributed by atoms with Crippen LogP contribution in [0.4, 0.5) is 5.82 Å². The molecular weight excluding hydrogens is 290 g/mol. The zero-order valence-electron chi connectivity index (χ0n) is 14.3. The van der Waals surface area contributed by atoms with Crippen LogP contribution in [0.15, 0.2) is 22.9 Å². The lowest BCUT2D eigenvalue weighted by Crippen LogP contribution is -2.48. The van der Waals surface area contributed by atoms with Gasteiger partial charge in [-0.05, 0) is 52.7 Å². The molecule has 2 aromatic heterocycles. The standard InChI is InChI=1S/C17H25N5O/c1-12-19-16(23-21-12)14-6-5-9-18-15(14)20-13-7-10-22(11-8-13)17(2,3)4/h5-6,9,13H,7-8,10-11H2,1-4H3,(H,18,20). The number of pyridine rings is 1.